The summed E-state index contributed by atoms with van der Waals surface area (Å²) in [6.45, 7) is 2.29. The normalized spacial score (nSPS) is 17.6. The van der Waals surface area contributed by atoms with Gasteiger partial charge in [0.25, 0.3) is 5.91 Å². The van der Waals surface area contributed by atoms with E-state index in [1.165, 1.54) is 24.3 Å². The molecule has 1 unspecified atom stereocenters. The number of benzene rings is 1. The zero-order chi connectivity index (χ0) is 13.9. The highest BCUT2D eigenvalue weighted by Gasteiger charge is 2.41. The van der Waals surface area contributed by atoms with Crippen LogP contribution in [0.2, 0.25) is 0 Å². The Hall–Kier alpha value is -1.62. The van der Waals surface area contributed by atoms with Crippen LogP contribution in [0, 0.1) is 11.7 Å². The molecule has 1 aliphatic carbocycles. The number of hydrogen-bond acceptors (Lipinski definition) is 3. The molecule has 0 heterocycles. The standard InChI is InChI=1S/C14H19FN2O2/c1-14(9-16,10-2-3-10)17-13(18)8-19-12-6-4-11(15)5-7-12/h4-7,10H,2-3,8-9,16H2,1H3,(H,17,18). The number of nitrogens with two attached hydrogens (primary N) is 1. The van der Waals surface area contributed by atoms with Crippen LogP contribution in [0.1, 0.15) is 19.8 Å². The molecule has 1 amide bonds. The zero-order valence-corrected chi connectivity index (χ0v) is 11.0. The highest BCUT2D eigenvalue weighted by molar-refractivity contribution is 5.78. The minimum absolute atomic E-state index is 0.0893. The molecular weight excluding hydrogens is 247 g/mol. The van der Waals surface area contributed by atoms with Crippen LogP contribution < -0.4 is 15.8 Å². The number of ether oxygens (including phenoxy) is 1. The molecule has 0 saturated heterocycles. The van der Waals surface area contributed by atoms with E-state index in [0.29, 0.717) is 18.2 Å². The van der Waals surface area contributed by atoms with Crippen LogP contribution in [-0.4, -0.2) is 24.6 Å². The monoisotopic (exact) mass is 266 g/mol. The second-order valence-corrected chi connectivity index (χ2v) is 5.19. The van der Waals surface area contributed by atoms with E-state index in [9.17, 15) is 9.18 Å². The molecule has 0 radical (unpaired) electrons. The van der Waals surface area contributed by atoms with E-state index >= 15 is 0 Å². The Morgan fingerprint density at radius 2 is 2.11 bits per heavy atom. The summed E-state index contributed by atoms with van der Waals surface area (Å²) in [5, 5.41) is 2.92. The van der Waals surface area contributed by atoms with Crippen molar-refractivity contribution in [2.24, 2.45) is 11.7 Å². The third-order valence-corrected chi connectivity index (χ3v) is 3.51. The number of halogens is 1. The Labute approximate surface area is 112 Å². The first kappa shape index (κ1) is 13.8. The lowest BCUT2D eigenvalue weighted by Gasteiger charge is -2.29. The molecule has 2 rings (SSSR count). The van der Waals surface area contributed by atoms with Crippen LogP contribution in [0.25, 0.3) is 0 Å². The maximum atomic E-state index is 12.7. The molecule has 0 spiro atoms. The van der Waals surface area contributed by atoms with Gasteiger partial charge < -0.3 is 15.8 Å². The lowest BCUT2D eigenvalue weighted by Crippen LogP contribution is -2.54. The van der Waals surface area contributed by atoms with Gasteiger partial charge in [0.15, 0.2) is 6.61 Å². The fraction of sp³-hybridized carbons (Fsp3) is 0.500. The van der Waals surface area contributed by atoms with Crippen molar-refractivity contribution >= 4 is 5.91 Å². The van der Waals surface area contributed by atoms with Crippen molar-refractivity contribution < 1.29 is 13.9 Å². The molecule has 104 valence electrons. The molecule has 1 aromatic carbocycles. The van der Waals surface area contributed by atoms with Gasteiger partial charge in [-0.15, -0.1) is 0 Å². The van der Waals surface area contributed by atoms with Gasteiger partial charge in [-0.3, -0.25) is 4.79 Å². The second-order valence-electron chi connectivity index (χ2n) is 5.19. The van der Waals surface area contributed by atoms with Gasteiger partial charge in [0, 0.05) is 6.54 Å². The van der Waals surface area contributed by atoms with Crippen LogP contribution in [0.4, 0.5) is 4.39 Å². The van der Waals surface area contributed by atoms with Crippen molar-refractivity contribution in [1.29, 1.82) is 0 Å². The zero-order valence-electron chi connectivity index (χ0n) is 11.0. The Morgan fingerprint density at radius 3 is 2.63 bits per heavy atom. The van der Waals surface area contributed by atoms with Crippen molar-refractivity contribution in [2.45, 2.75) is 25.3 Å². The van der Waals surface area contributed by atoms with Crippen LogP contribution in [0.5, 0.6) is 5.75 Å². The summed E-state index contributed by atoms with van der Waals surface area (Å²) in [6, 6.07) is 5.57. The van der Waals surface area contributed by atoms with Gasteiger partial charge in [-0.2, -0.15) is 0 Å². The van der Waals surface area contributed by atoms with Crippen LogP contribution in [0.3, 0.4) is 0 Å². The van der Waals surface area contributed by atoms with Crippen LogP contribution >= 0.6 is 0 Å². The van der Waals surface area contributed by atoms with E-state index in [1.54, 1.807) is 0 Å². The lowest BCUT2D eigenvalue weighted by molar-refractivity contribution is -0.125. The fourth-order valence-electron chi connectivity index (χ4n) is 2.07. The first-order valence-corrected chi connectivity index (χ1v) is 6.43. The summed E-state index contributed by atoms with van der Waals surface area (Å²) in [5.74, 6) is 0.398. The third-order valence-electron chi connectivity index (χ3n) is 3.51. The molecule has 0 aliphatic heterocycles. The Kier molecular flexibility index (Phi) is 4.04. The summed E-state index contributed by atoms with van der Waals surface area (Å²) in [7, 11) is 0. The number of amides is 1. The molecule has 1 fully saturated rings. The van der Waals surface area contributed by atoms with Crippen molar-refractivity contribution in [3.05, 3.63) is 30.1 Å². The van der Waals surface area contributed by atoms with Crippen LogP contribution in [0.15, 0.2) is 24.3 Å². The first-order chi connectivity index (χ1) is 9.03. The highest BCUT2D eigenvalue weighted by Crippen LogP contribution is 2.38. The third kappa shape index (κ3) is 3.67. The summed E-state index contributed by atoms with van der Waals surface area (Å²) in [6.07, 6.45) is 2.21. The van der Waals surface area contributed by atoms with Gasteiger partial charge >= 0.3 is 0 Å². The molecule has 19 heavy (non-hydrogen) atoms. The molecule has 1 saturated carbocycles. The van der Waals surface area contributed by atoms with Gasteiger partial charge in [0.2, 0.25) is 0 Å². The van der Waals surface area contributed by atoms with Gasteiger partial charge in [-0.05, 0) is 49.9 Å². The molecule has 0 aromatic heterocycles. The minimum atomic E-state index is -0.344. The maximum Gasteiger partial charge on any atom is 0.258 e. The first-order valence-electron chi connectivity index (χ1n) is 6.43. The largest absolute Gasteiger partial charge is 0.484 e. The van der Waals surface area contributed by atoms with E-state index in [-0.39, 0.29) is 23.9 Å². The predicted molar refractivity (Wildman–Crippen MR) is 70.2 cm³/mol. The average molecular weight is 266 g/mol. The highest BCUT2D eigenvalue weighted by atomic mass is 19.1. The SMILES string of the molecule is CC(CN)(NC(=O)COc1ccc(F)cc1)C1CC1. The molecule has 1 aromatic rings. The minimum Gasteiger partial charge on any atom is -0.484 e. The molecular formula is C14H19FN2O2. The summed E-state index contributed by atoms with van der Waals surface area (Å²) >= 11 is 0. The number of carbonyl (C=O) groups is 1. The van der Waals surface area contributed by atoms with Crippen LogP contribution in [-0.2, 0) is 4.79 Å². The number of nitrogens with one attached hydrogen (secondary N) is 1. The summed E-state index contributed by atoms with van der Waals surface area (Å²) < 4.78 is 18.0. The fourth-order valence-corrected chi connectivity index (χ4v) is 2.07. The van der Waals surface area contributed by atoms with E-state index in [0.717, 1.165) is 12.8 Å². The molecule has 3 N–H and O–H groups in total. The van der Waals surface area contributed by atoms with Crippen molar-refractivity contribution in [1.82, 2.24) is 5.32 Å². The van der Waals surface area contributed by atoms with Crippen molar-refractivity contribution in [2.75, 3.05) is 13.2 Å². The van der Waals surface area contributed by atoms with E-state index in [1.807, 2.05) is 6.92 Å². The Bertz CT molecular complexity index is 445. The second kappa shape index (κ2) is 5.57. The van der Waals surface area contributed by atoms with Gasteiger partial charge in [0.1, 0.15) is 11.6 Å². The van der Waals surface area contributed by atoms with Gasteiger partial charge in [-0.1, -0.05) is 0 Å². The van der Waals surface area contributed by atoms with E-state index in [2.05, 4.69) is 5.32 Å². The van der Waals surface area contributed by atoms with E-state index < -0.39 is 0 Å². The molecule has 5 heteroatoms. The lowest BCUT2D eigenvalue weighted by atomic mass is 9.96. The van der Waals surface area contributed by atoms with Gasteiger partial charge in [-0.25, -0.2) is 4.39 Å². The summed E-state index contributed by atoms with van der Waals surface area (Å²) in [4.78, 5) is 11.8. The number of carbonyl (C=O) groups excluding carboxylic acids is 1. The van der Waals surface area contributed by atoms with Gasteiger partial charge in [0.05, 0.1) is 5.54 Å². The smallest absolute Gasteiger partial charge is 0.258 e. The predicted octanol–water partition coefficient (Wildman–Crippen LogP) is 1.45. The summed E-state index contributed by atoms with van der Waals surface area (Å²) in [5.41, 5.74) is 5.38. The Morgan fingerprint density at radius 1 is 1.47 bits per heavy atom. The van der Waals surface area contributed by atoms with E-state index in [4.69, 9.17) is 10.5 Å². The molecule has 1 aliphatic rings. The topological polar surface area (TPSA) is 64.3 Å². The maximum absolute atomic E-state index is 12.7. The Balaban J connectivity index is 1.82. The van der Waals surface area contributed by atoms with Crippen molar-refractivity contribution in [3.63, 3.8) is 0 Å². The quantitative estimate of drug-likeness (QED) is 0.819. The molecule has 1 atom stereocenters. The average Bonchev–Trinajstić information content (AvgIpc) is 3.22. The number of rotatable bonds is 6. The molecule has 4 nitrogen and oxygen atoms in total. The molecule has 0 bridgehead atoms. The number of hydrogen-bond donors (Lipinski definition) is 2. The van der Waals surface area contributed by atoms with Crippen molar-refractivity contribution in [3.8, 4) is 5.75 Å².